The largest absolute Gasteiger partial charge is 0.355 e. The molecule has 1 aromatic rings. The molecule has 0 heterocycles. The molecule has 0 spiro atoms. The Labute approximate surface area is 128 Å². The highest BCUT2D eigenvalue weighted by Gasteiger charge is 1.99. The Morgan fingerprint density at radius 1 is 1.24 bits per heavy atom. The monoisotopic (exact) mass is 305 g/mol. The molecule has 0 radical (unpaired) electrons. The molecule has 0 bridgehead atoms. The van der Waals surface area contributed by atoms with E-state index in [2.05, 4.69) is 10.6 Å². The first-order valence-electron chi connectivity index (χ1n) is 6.47. The third-order valence-corrected chi connectivity index (χ3v) is 2.88. The van der Waals surface area contributed by atoms with Crippen molar-refractivity contribution in [3.05, 3.63) is 40.9 Å². The lowest BCUT2D eigenvalue weighted by Gasteiger charge is -2.03. The lowest BCUT2D eigenvalue weighted by atomic mass is 10.2. The standard InChI is InChI=1S/C15H16ClN3O2/c16-13-5-2-1-4-12(13)6-7-14(20)18-10-3-11-19-15(21)8-9-17/h1-2,4-7H,3,8,10-11H2,(H,18,20)(H,19,21)/b7-6+. The number of hydrogen-bond donors (Lipinski definition) is 2. The van der Waals surface area contributed by atoms with Crippen molar-refractivity contribution >= 4 is 29.5 Å². The molecule has 0 aliphatic rings. The molecule has 6 heteroatoms. The van der Waals surface area contributed by atoms with Crippen LogP contribution in [0.25, 0.3) is 6.08 Å². The lowest BCUT2D eigenvalue weighted by molar-refractivity contribution is -0.120. The summed E-state index contributed by atoms with van der Waals surface area (Å²) in [6.45, 7) is 0.869. The topological polar surface area (TPSA) is 82.0 Å². The maximum absolute atomic E-state index is 11.6. The van der Waals surface area contributed by atoms with E-state index in [1.54, 1.807) is 18.2 Å². The molecule has 110 valence electrons. The van der Waals surface area contributed by atoms with E-state index in [4.69, 9.17) is 16.9 Å². The minimum atomic E-state index is -0.303. The predicted octanol–water partition coefficient (Wildman–Crippen LogP) is 1.89. The third kappa shape index (κ3) is 7.14. The fourth-order valence-electron chi connectivity index (χ4n) is 1.50. The zero-order valence-corrected chi connectivity index (χ0v) is 12.2. The van der Waals surface area contributed by atoms with Crippen molar-refractivity contribution in [2.45, 2.75) is 12.8 Å². The van der Waals surface area contributed by atoms with E-state index >= 15 is 0 Å². The Kier molecular flexibility index (Phi) is 7.62. The number of amides is 2. The first-order chi connectivity index (χ1) is 10.1. The van der Waals surface area contributed by atoms with Crippen molar-refractivity contribution in [2.75, 3.05) is 13.1 Å². The van der Waals surface area contributed by atoms with Gasteiger partial charge >= 0.3 is 0 Å². The highest BCUT2D eigenvalue weighted by molar-refractivity contribution is 6.32. The lowest BCUT2D eigenvalue weighted by Crippen LogP contribution is -2.28. The molecule has 2 N–H and O–H groups in total. The van der Waals surface area contributed by atoms with Gasteiger partial charge in [0.25, 0.3) is 0 Å². The van der Waals surface area contributed by atoms with Crippen LogP contribution in [0.5, 0.6) is 0 Å². The Morgan fingerprint density at radius 2 is 1.95 bits per heavy atom. The Morgan fingerprint density at radius 3 is 2.67 bits per heavy atom. The van der Waals surface area contributed by atoms with Crippen molar-refractivity contribution in [1.82, 2.24) is 10.6 Å². The summed E-state index contributed by atoms with van der Waals surface area (Å²) in [6, 6.07) is 8.99. The Hall–Kier alpha value is -2.32. The van der Waals surface area contributed by atoms with Crippen LogP contribution >= 0.6 is 11.6 Å². The summed E-state index contributed by atoms with van der Waals surface area (Å²) in [5.41, 5.74) is 0.776. The summed E-state index contributed by atoms with van der Waals surface area (Å²) in [7, 11) is 0. The number of nitriles is 1. The first-order valence-corrected chi connectivity index (χ1v) is 6.85. The van der Waals surface area contributed by atoms with E-state index in [9.17, 15) is 9.59 Å². The van der Waals surface area contributed by atoms with Gasteiger partial charge in [0.05, 0.1) is 6.07 Å². The van der Waals surface area contributed by atoms with Crippen LogP contribution in [0.3, 0.4) is 0 Å². The second-order valence-corrected chi connectivity index (χ2v) is 4.59. The van der Waals surface area contributed by atoms with Crippen molar-refractivity contribution in [3.8, 4) is 6.07 Å². The summed E-state index contributed by atoms with van der Waals surface area (Å²) in [5, 5.41) is 14.2. The summed E-state index contributed by atoms with van der Waals surface area (Å²) < 4.78 is 0. The molecule has 0 aliphatic heterocycles. The minimum absolute atomic E-state index is 0.146. The van der Waals surface area contributed by atoms with Gasteiger partial charge in [-0.25, -0.2) is 0 Å². The molecule has 0 saturated heterocycles. The molecule has 2 amide bonds. The second-order valence-electron chi connectivity index (χ2n) is 4.18. The predicted molar refractivity (Wildman–Crippen MR) is 81.4 cm³/mol. The van der Waals surface area contributed by atoms with Gasteiger partial charge in [-0.1, -0.05) is 29.8 Å². The third-order valence-electron chi connectivity index (χ3n) is 2.53. The average Bonchev–Trinajstić information content (AvgIpc) is 2.46. The van der Waals surface area contributed by atoms with Crippen molar-refractivity contribution in [2.24, 2.45) is 0 Å². The van der Waals surface area contributed by atoms with Crippen LogP contribution in [-0.4, -0.2) is 24.9 Å². The van der Waals surface area contributed by atoms with E-state index in [0.29, 0.717) is 24.5 Å². The number of nitrogens with zero attached hydrogens (tertiary/aromatic N) is 1. The van der Waals surface area contributed by atoms with Crippen molar-refractivity contribution in [1.29, 1.82) is 5.26 Å². The van der Waals surface area contributed by atoms with E-state index in [1.165, 1.54) is 6.08 Å². The van der Waals surface area contributed by atoms with Crippen LogP contribution < -0.4 is 10.6 Å². The highest BCUT2D eigenvalue weighted by atomic mass is 35.5. The number of rotatable bonds is 7. The number of hydrogen-bond acceptors (Lipinski definition) is 3. The van der Waals surface area contributed by atoms with Gasteiger partial charge in [0.1, 0.15) is 6.42 Å². The van der Waals surface area contributed by atoms with Gasteiger partial charge in [-0.2, -0.15) is 5.26 Å². The summed E-state index contributed by atoms with van der Waals surface area (Å²) in [5.74, 6) is -0.527. The summed E-state index contributed by atoms with van der Waals surface area (Å²) in [6.07, 6.45) is 3.51. The van der Waals surface area contributed by atoms with E-state index in [-0.39, 0.29) is 18.2 Å². The van der Waals surface area contributed by atoms with Crippen molar-refractivity contribution in [3.63, 3.8) is 0 Å². The number of halogens is 1. The highest BCUT2D eigenvalue weighted by Crippen LogP contribution is 2.15. The molecule has 1 aromatic carbocycles. The summed E-state index contributed by atoms with van der Waals surface area (Å²) in [4.78, 5) is 22.5. The van der Waals surface area contributed by atoms with Crippen molar-refractivity contribution < 1.29 is 9.59 Å². The first kappa shape index (κ1) is 16.7. The van der Waals surface area contributed by atoms with Crippen LogP contribution in [0.2, 0.25) is 5.02 Å². The summed E-state index contributed by atoms with van der Waals surface area (Å²) >= 11 is 5.96. The van der Waals surface area contributed by atoms with Crippen LogP contribution in [0, 0.1) is 11.3 Å². The molecule has 0 aromatic heterocycles. The fourth-order valence-corrected chi connectivity index (χ4v) is 1.70. The van der Waals surface area contributed by atoms with Crippen LogP contribution in [0.4, 0.5) is 0 Å². The Balaban J connectivity index is 2.22. The van der Waals surface area contributed by atoms with E-state index in [0.717, 1.165) is 5.56 Å². The van der Waals surface area contributed by atoms with Gasteiger partial charge in [-0.15, -0.1) is 0 Å². The van der Waals surface area contributed by atoms with Gasteiger partial charge in [0.2, 0.25) is 11.8 Å². The maximum atomic E-state index is 11.6. The van der Waals surface area contributed by atoms with Crippen LogP contribution in [0.1, 0.15) is 18.4 Å². The fraction of sp³-hybridized carbons (Fsp3) is 0.267. The van der Waals surface area contributed by atoms with Crippen LogP contribution in [-0.2, 0) is 9.59 Å². The number of carbonyl (C=O) groups excluding carboxylic acids is 2. The molecule has 0 atom stereocenters. The molecule has 0 fully saturated rings. The van der Waals surface area contributed by atoms with Gasteiger partial charge in [-0.3, -0.25) is 9.59 Å². The molecule has 0 unspecified atom stereocenters. The number of carbonyl (C=O) groups is 2. The Bertz CT molecular complexity index is 564. The normalized spacial score (nSPS) is 10.1. The van der Waals surface area contributed by atoms with Gasteiger partial charge in [0.15, 0.2) is 0 Å². The SMILES string of the molecule is N#CCC(=O)NCCCNC(=O)/C=C/c1ccccc1Cl. The number of benzene rings is 1. The average molecular weight is 306 g/mol. The number of nitrogens with one attached hydrogen (secondary N) is 2. The zero-order valence-electron chi connectivity index (χ0n) is 11.4. The molecule has 0 saturated carbocycles. The van der Waals surface area contributed by atoms with E-state index < -0.39 is 0 Å². The van der Waals surface area contributed by atoms with Gasteiger partial charge in [-0.05, 0) is 24.1 Å². The van der Waals surface area contributed by atoms with Gasteiger partial charge in [0, 0.05) is 24.2 Å². The van der Waals surface area contributed by atoms with E-state index in [1.807, 2.05) is 18.2 Å². The molecule has 0 aliphatic carbocycles. The molecular formula is C15H16ClN3O2. The quantitative estimate of drug-likeness (QED) is 0.596. The molecule has 5 nitrogen and oxygen atoms in total. The molecular weight excluding hydrogens is 290 g/mol. The smallest absolute Gasteiger partial charge is 0.244 e. The zero-order chi connectivity index (χ0) is 15.5. The van der Waals surface area contributed by atoms with Crippen LogP contribution in [0.15, 0.2) is 30.3 Å². The molecule has 21 heavy (non-hydrogen) atoms. The second kappa shape index (κ2) is 9.56. The molecule has 1 rings (SSSR count). The minimum Gasteiger partial charge on any atom is -0.355 e. The maximum Gasteiger partial charge on any atom is 0.244 e. The van der Waals surface area contributed by atoms with Gasteiger partial charge < -0.3 is 10.6 Å².